The Morgan fingerprint density at radius 1 is 1.43 bits per heavy atom. The fourth-order valence-corrected chi connectivity index (χ4v) is 2.90. The van der Waals surface area contributed by atoms with Crippen molar-refractivity contribution in [3.63, 3.8) is 0 Å². The molecule has 1 N–H and O–H groups in total. The first kappa shape index (κ1) is 9.61. The van der Waals surface area contributed by atoms with Crippen molar-refractivity contribution < 1.29 is 12.8 Å². The van der Waals surface area contributed by atoms with Crippen LogP contribution in [0.15, 0.2) is 17.0 Å². The van der Waals surface area contributed by atoms with Crippen LogP contribution in [0.4, 0.5) is 4.39 Å². The average Bonchev–Trinajstić information content (AvgIpc) is 2.08. The van der Waals surface area contributed by atoms with Crippen LogP contribution in [0.3, 0.4) is 0 Å². The Labute approximate surface area is 82.0 Å². The van der Waals surface area contributed by atoms with Crippen LogP contribution < -0.4 is 4.72 Å². The zero-order chi connectivity index (χ0) is 10.3. The summed E-state index contributed by atoms with van der Waals surface area (Å²) in [5.41, 5.74) is 0.919. The van der Waals surface area contributed by atoms with Gasteiger partial charge < -0.3 is 0 Å². The van der Waals surface area contributed by atoms with Gasteiger partial charge in [0, 0.05) is 6.54 Å². The zero-order valence-electron chi connectivity index (χ0n) is 7.67. The van der Waals surface area contributed by atoms with Crippen LogP contribution in [0.2, 0.25) is 0 Å². The summed E-state index contributed by atoms with van der Waals surface area (Å²) in [4.78, 5) is 0.211. The standard InChI is InChI=1S/C9H10FNO2S/c1-6-4-9-7(5-8(6)10)2-3-11-14(9,12)13/h4-5,11H,2-3H2,1H3. The smallest absolute Gasteiger partial charge is 0.211 e. The monoisotopic (exact) mass is 215 g/mol. The number of nitrogens with one attached hydrogen (secondary N) is 1. The fourth-order valence-electron chi connectivity index (χ4n) is 1.54. The minimum absolute atomic E-state index is 0.211. The number of hydrogen-bond donors (Lipinski definition) is 1. The predicted octanol–water partition coefficient (Wildman–Crippen LogP) is 0.969. The topological polar surface area (TPSA) is 46.2 Å². The second-order valence-electron chi connectivity index (χ2n) is 3.36. The SMILES string of the molecule is Cc1cc2c(cc1F)CCNS2(=O)=O. The zero-order valence-corrected chi connectivity index (χ0v) is 8.49. The number of hydrogen-bond acceptors (Lipinski definition) is 2. The van der Waals surface area contributed by atoms with Crippen molar-refractivity contribution in [2.75, 3.05) is 6.54 Å². The maximum Gasteiger partial charge on any atom is 0.240 e. The summed E-state index contributed by atoms with van der Waals surface area (Å²) in [5.74, 6) is -0.346. The van der Waals surface area contributed by atoms with Crippen molar-refractivity contribution in [2.45, 2.75) is 18.2 Å². The second-order valence-corrected chi connectivity index (χ2v) is 5.09. The minimum atomic E-state index is -3.40. The Bertz CT molecular complexity index is 482. The molecule has 2 rings (SSSR count). The van der Waals surface area contributed by atoms with E-state index >= 15 is 0 Å². The molecule has 0 aromatic heterocycles. The van der Waals surface area contributed by atoms with Gasteiger partial charge in [-0.15, -0.1) is 0 Å². The lowest BCUT2D eigenvalue weighted by Crippen LogP contribution is -2.31. The van der Waals surface area contributed by atoms with E-state index in [0.717, 1.165) is 0 Å². The molecule has 1 aliphatic heterocycles. The highest BCUT2D eigenvalue weighted by Crippen LogP contribution is 2.23. The highest BCUT2D eigenvalue weighted by atomic mass is 32.2. The van der Waals surface area contributed by atoms with E-state index in [-0.39, 0.29) is 10.7 Å². The first-order chi connectivity index (χ1) is 6.50. The molecule has 1 aromatic rings. The maximum atomic E-state index is 13.1. The molecule has 1 aliphatic rings. The molecule has 0 radical (unpaired) electrons. The highest BCUT2D eigenvalue weighted by molar-refractivity contribution is 7.89. The van der Waals surface area contributed by atoms with Crippen molar-refractivity contribution in [3.05, 3.63) is 29.1 Å². The largest absolute Gasteiger partial charge is 0.240 e. The quantitative estimate of drug-likeness (QED) is 0.701. The molecule has 0 saturated heterocycles. The van der Waals surface area contributed by atoms with Crippen molar-refractivity contribution in [1.82, 2.24) is 4.72 Å². The van der Waals surface area contributed by atoms with Crippen molar-refractivity contribution >= 4 is 10.0 Å². The molecule has 0 amide bonds. The Kier molecular flexibility index (Phi) is 2.08. The molecule has 0 bridgehead atoms. The van der Waals surface area contributed by atoms with Gasteiger partial charge in [0.2, 0.25) is 10.0 Å². The molecule has 0 fully saturated rings. The van der Waals surface area contributed by atoms with E-state index in [9.17, 15) is 12.8 Å². The van der Waals surface area contributed by atoms with Gasteiger partial charge in [-0.1, -0.05) is 0 Å². The van der Waals surface area contributed by atoms with Crippen LogP contribution in [-0.4, -0.2) is 15.0 Å². The van der Waals surface area contributed by atoms with Crippen LogP contribution in [-0.2, 0) is 16.4 Å². The van der Waals surface area contributed by atoms with Gasteiger partial charge in [-0.2, -0.15) is 0 Å². The van der Waals surface area contributed by atoms with E-state index in [4.69, 9.17) is 0 Å². The normalized spacial score (nSPS) is 19.0. The lowest BCUT2D eigenvalue weighted by Gasteiger charge is -2.17. The third kappa shape index (κ3) is 1.42. The highest BCUT2D eigenvalue weighted by Gasteiger charge is 2.23. The molecular formula is C9H10FNO2S. The molecule has 14 heavy (non-hydrogen) atoms. The van der Waals surface area contributed by atoms with Crippen LogP contribution in [0, 0.1) is 12.7 Å². The molecule has 1 aromatic carbocycles. The third-order valence-electron chi connectivity index (χ3n) is 2.32. The van der Waals surface area contributed by atoms with Gasteiger partial charge in [0.15, 0.2) is 0 Å². The Balaban J connectivity index is 2.71. The molecule has 1 heterocycles. The van der Waals surface area contributed by atoms with E-state index < -0.39 is 10.0 Å². The van der Waals surface area contributed by atoms with E-state index in [1.807, 2.05) is 0 Å². The van der Waals surface area contributed by atoms with E-state index in [0.29, 0.717) is 24.1 Å². The third-order valence-corrected chi connectivity index (χ3v) is 3.86. The average molecular weight is 215 g/mol. The van der Waals surface area contributed by atoms with Gasteiger partial charge in [-0.3, -0.25) is 0 Å². The Morgan fingerprint density at radius 2 is 2.14 bits per heavy atom. The summed E-state index contributed by atoms with van der Waals surface area (Å²) < 4.78 is 38.6. The number of fused-ring (bicyclic) bond motifs is 1. The van der Waals surface area contributed by atoms with Gasteiger partial charge in [0.25, 0.3) is 0 Å². The molecule has 0 atom stereocenters. The Hall–Kier alpha value is -0.940. The van der Waals surface area contributed by atoms with Crippen molar-refractivity contribution in [1.29, 1.82) is 0 Å². The lowest BCUT2D eigenvalue weighted by atomic mass is 10.1. The van der Waals surface area contributed by atoms with Gasteiger partial charge in [0.05, 0.1) is 4.90 Å². The van der Waals surface area contributed by atoms with Crippen LogP contribution in [0.25, 0.3) is 0 Å². The lowest BCUT2D eigenvalue weighted by molar-refractivity contribution is 0.569. The van der Waals surface area contributed by atoms with Gasteiger partial charge >= 0.3 is 0 Å². The molecular weight excluding hydrogens is 205 g/mol. The summed E-state index contributed by atoms with van der Waals surface area (Å²) in [6, 6.07) is 2.69. The number of rotatable bonds is 0. The summed E-state index contributed by atoms with van der Waals surface area (Å²) in [7, 11) is -3.40. The Morgan fingerprint density at radius 3 is 2.86 bits per heavy atom. The van der Waals surface area contributed by atoms with Gasteiger partial charge in [-0.05, 0) is 36.6 Å². The molecule has 3 nitrogen and oxygen atoms in total. The first-order valence-electron chi connectivity index (χ1n) is 4.29. The van der Waals surface area contributed by atoms with Gasteiger partial charge in [-0.25, -0.2) is 17.5 Å². The van der Waals surface area contributed by atoms with Crippen LogP contribution >= 0.6 is 0 Å². The predicted molar refractivity (Wildman–Crippen MR) is 50.0 cm³/mol. The summed E-state index contributed by atoms with van der Waals surface area (Å²) in [6.07, 6.45) is 0.547. The van der Waals surface area contributed by atoms with Crippen molar-refractivity contribution in [3.8, 4) is 0 Å². The summed E-state index contributed by atoms with van der Waals surface area (Å²) in [5, 5.41) is 0. The number of benzene rings is 1. The van der Waals surface area contributed by atoms with Crippen LogP contribution in [0.1, 0.15) is 11.1 Å². The van der Waals surface area contributed by atoms with Crippen LogP contribution in [0.5, 0.6) is 0 Å². The summed E-state index contributed by atoms with van der Waals surface area (Å²) in [6.45, 7) is 1.90. The van der Waals surface area contributed by atoms with E-state index in [1.54, 1.807) is 6.92 Å². The minimum Gasteiger partial charge on any atom is -0.211 e. The summed E-state index contributed by atoms with van der Waals surface area (Å²) >= 11 is 0. The molecule has 0 aliphatic carbocycles. The molecule has 0 unspecified atom stereocenters. The molecule has 0 spiro atoms. The number of halogens is 1. The maximum absolute atomic E-state index is 13.1. The molecule has 5 heteroatoms. The number of aryl methyl sites for hydroxylation is 1. The molecule has 76 valence electrons. The van der Waals surface area contributed by atoms with Gasteiger partial charge in [0.1, 0.15) is 5.82 Å². The van der Waals surface area contributed by atoms with E-state index in [1.165, 1.54) is 12.1 Å². The fraction of sp³-hybridized carbons (Fsp3) is 0.333. The molecule has 0 saturated carbocycles. The second kappa shape index (κ2) is 3.03. The van der Waals surface area contributed by atoms with E-state index in [2.05, 4.69) is 4.72 Å². The first-order valence-corrected chi connectivity index (χ1v) is 5.78. The van der Waals surface area contributed by atoms with Crippen molar-refractivity contribution in [2.24, 2.45) is 0 Å². The number of sulfonamides is 1.